The summed E-state index contributed by atoms with van der Waals surface area (Å²) in [5.41, 5.74) is -0.510. The minimum atomic E-state index is -0.711. The van der Waals surface area contributed by atoms with Crippen LogP contribution >= 0.6 is 0 Å². The standard InChI is InChI=1S/C11H21NO3/c1-6-9(13)8-12(7-2)10(14)15-11(3,4)5/h6,9,13H,1,7-8H2,2-5H3. The Labute approximate surface area is 91.5 Å². The van der Waals surface area contributed by atoms with Gasteiger partial charge in [0.2, 0.25) is 0 Å². The van der Waals surface area contributed by atoms with E-state index in [1.54, 1.807) is 0 Å². The van der Waals surface area contributed by atoms with Gasteiger partial charge < -0.3 is 14.7 Å². The summed E-state index contributed by atoms with van der Waals surface area (Å²) in [7, 11) is 0. The maximum Gasteiger partial charge on any atom is 0.410 e. The Bertz CT molecular complexity index is 220. The molecule has 0 saturated carbocycles. The Balaban J connectivity index is 4.28. The second-order valence-electron chi connectivity index (χ2n) is 4.32. The molecule has 0 spiro atoms. The lowest BCUT2D eigenvalue weighted by molar-refractivity contribution is 0.0194. The van der Waals surface area contributed by atoms with Gasteiger partial charge in [-0.15, -0.1) is 6.58 Å². The highest BCUT2D eigenvalue weighted by molar-refractivity contribution is 5.68. The molecule has 0 rings (SSSR count). The molecule has 0 heterocycles. The summed E-state index contributed by atoms with van der Waals surface area (Å²) in [4.78, 5) is 13.0. The molecular formula is C11H21NO3. The molecule has 0 aromatic carbocycles. The van der Waals surface area contributed by atoms with Gasteiger partial charge in [0, 0.05) is 6.54 Å². The lowest BCUT2D eigenvalue weighted by atomic mass is 10.2. The van der Waals surface area contributed by atoms with Crippen LogP contribution in [0.3, 0.4) is 0 Å². The van der Waals surface area contributed by atoms with Crippen molar-refractivity contribution in [2.75, 3.05) is 13.1 Å². The molecule has 0 aliphatic rings. The number of amides is 1. The van der Waals surface area contributed by atoms with Crippen molar-refractivity contribution in [2.24, 2.45) is 0 Å². The van der Waals surface area contributed by atoms with Gasteiger partial charge in [0.1, 0.15) is 5.60 Å². The second-order valence-corrected chi connectivity index (χ2v) is 4.32. The van der Waals surface area contributed by atoms with Gasteiger partial charge in [-0.25, -0.2) is 4.79 Å². The maximum absolute atomic E-state index is 11.6. The molecule has 0 fully saturated rings. The van der Waals surface area contributed by atoms with Crippen LogP contribution in [0.2, 0.25) is 0 Å². The van der Waals surface area contributed by atoms with Crippen molar-refractivity contribution in [3.05, 3.63) is 12.7 Å². The van der Waals surface area contributed by atoms with E-state index in [1.165, 1.54) is 11.0 Å². The van der Waals surface area contributed by atoms with Crippen LogP contribution in [0.25, 0.3) is 0 Å². The van der Waals surface area contributed by atoms with Gasteiger partial charge in [-0.05, 0) is 27.7 Å². The van der Waals surface area contributed by atoms with Crippen LogP contribution in [-0.2, 0) is 4.74 Å². The number of nitrogens with zero attached hydrogens (tertiary/aromatic N) is 1. The molecule has 0 radical (unpaired) electrons. The first-order valence-electron chi connectivity index (χ1n) is 5.08. The lowest BCUT2D eigenvalue weighted by Gasteiger charge is -2.27. The smallest absolute Gasteiger partial charge is 0.410 e. The molecule has 4 nitrogen and oxygen atoms in total. The minimum absolute atomic E-state index is 0.217. The van der Waals surface area contributed by atoms with E-state index in [2.05, 4.69) is 6.58 Å². The Morgan fingerprint density at radius 2 is 2.13 bits per heavy atom. The zero-order chi connectivity index (χ0) is 12.1. The van der Waals surface area contributed by atoms with Gasteiger partial charge in [-0.3, -0.25) is 0 Å². The number of aliphatic hydroxyl groups is 1. The molecule has 0 saturated heterocycles. The van der Waals surface area contributed by atoms with Crippen molar-refractivity contribution >= 4 is 6.09 Å². The predicted octanol–water partition coefficient (Wildman–Crippen LogP) is 1.79. The number of likely N-dealkylation sites (N-methyl/N-ethyl adjacent to an activating group) is 1. The van der Waals surface area contributed by atoms with Crippen LogP contribution in [0.15, 0.2) is 12.7 Å². The second kappa shape index (κ2) is 5.75. The Kier molecular flexibility index (Phi) is 5.36. The minimum Gasteiger partial charge on any atom is -0.444 e. The highest BCUT2D eigenvalue weighted by Crippen LogP contribution is 2.10. The van der Waals surface area contributed by atoms with E-state index in [1.807, 2.05) is 27.7 Å². The maximum atomic E-state index is 11.6. The predicted molar refractivity (Wildman–Crippen MR) is 59.7 cm³/mol. The van der Waals surface area contributed by atoms with E-state index in [9.17, 15) is 9.90 Å². The van der Waals surface area contributed by atoms with E-state index in [0.717, 1.165) is 0 Å². The molecule has 88 valence electrons. The summed E-state index contributed by atoms with van der Waals surface area (Å²) in [6, 6.07) is 0. The molecule has 0 aromatic heterocycles. The Hall–Kier alpha value is -1.03. The number of carbonyl (C=O) groups is 1. The summed E-state index contributed by atoms with van der Waals surface area (Å²) < 4.78 is 5.18. The van der Waals surface area contributed by atoms with Crippen LogP contribution in [0, 0.1) is 0 Å². The monoisotopic (exact) mass is 215 g/mol. The van der Waals surface area contributed by atoms with Crippen LogP contribution in [0.1, 0.15) is 27.7 Å². The van der Waals surface area contributed by atoms with Crippen LogP contribution in [-0.4, -0.2) is 40.9 Å². The van der Waals surface area contributed by atoms with Crippen LogP contribution in [0.5, 0.6) is 0 Å². The number of hydrogen-bond acceptors (Lipinski definition) is 3. The number of rotatable bonds is 4. The first-order valence-corrected chi connectivity index (χ1v) is 5.08. The molecule has 1 N–H and O–H groups in total. The summed E-state index contributed by atoms with van der Waals surface area (Å²) in [6.45, 7) is 11.4. The van der Waals surface area contributed by atoms with E-state index in [-0.39, 0.29) is 6.54 Å². The van der Waals surface area contributed by atoms with E-state index < -0.39 is 17.8 Å². The zero-order valence-corrected chi connectivity index (χ0v) is 9.99. The Morgan fingerprint density at radius 1 is 1.60 bits per heavy atom. The molecular weight excluding hydrogens is 194 g/mol. The molecule has 0 bridgehead atoms. The highest BCUT2D eigenvalue weighted by Gasteiger charge is 2.21. The van der Waals surface area contributed by atoms with Gasteiger partial charge in [-0.2, -0.15) is 0 Å². The van der Waals surface area contributed by atoms with E-state index >= 15 is 0 Å². The summed E-state index contributed by atoms with van der Waals surface area (Å²) in [5, 5.41) is 9.34. The first kappa shape index (κ1) is 14.0. The number of ether oxygens (including phenoxy) is 1. The lowest BCUT2D eigenvalue weighted by Crippen LogP contribution is -2.40. The van der Waals surface area contributed by atoms with Gasteiger partial charge in [0.05, 0.1) is 12.6 Å². The molecule has 1 amide bonds. The van der Waals surface area contributed by atoms with Gasteiger partial charge in [0.15, 0.2) is 0 Å². The third-order valence-corrected chi connectivity index (χ3v) is 1.71. The average Bonchev–Trinajstić information content (AvgIpc) is 2.10. The van der Waals surface area contributed by atoms with Gasteiger partial charge >= 0.3 is 6.09 Å². The molecule has 1 atom stereocenters. The zero-order valence-electron chi connectivity index (χ0n) is 9.99. The van der Waals surface area contributed by atoms with E-state index in [4.69, 9.17) is 4.74 Å². The summed E-state index contributed by atoms with van der Waals surface area (Å²) in [5.74, 6) is 0. The third-order valence-electron chi connectivity index (χ3n) is 1.71. The summed E-state index contributed by atoms with van der Waals surface area (Å²) >= 11 is 0. The fraction of sp³-hybridized carbons (Fsp3) is 0.727. The quantitative estimate of drug-likeness (QED) is 0.727. The largest absolute Gasteiger partial charge is 0.444 e. The third kappa shape index (κ3) is 6.12. The first-order chi connectivity index (χ1) is 6.80. The molecule has 15 heavy (non-hydrogen) atoms. The SMILES string of the molecule is C=CC(O)CN(CC)C(=O)OC(C)(C)C. The van der Waals surface area contributed by atoms with E-state index in [0.29, 0.717) is 6.54 Å². The average molecular weight is 215 g/mol. The molecule has 1 unspecified atom stereocenters. The van der Waals surface area contributed by atoms with Crippen LogP contribution in [0.4, 0.5) is 4.79 Å². The number of aliphatic hydroxyl groups excluding tert-OH is 1. The van der Waals surface area contributed by atoms with Crippen molar-refractivity contribution in [1.82, 2.24) is 4.90 Å². The highest BCUT2D eigenvalue weighted by atomic mass is 16.6. The van der Waals surface area contributed by atoms with Gasteiger partial charge in [-0.1, -0.05) is 6.08 Å². The molecule has 0 aromatic rings. The molecule has 4 heteroatoms. The molecule has 0 aliphatic carbocycles. The van der Waals surface area contributed by atoms with Crippen molar-refractivity contribution in [3.63, 3.8) is 0 Å². The van der Waals surface area contributed by atoms with Crippen molar-refractivity contribution in [1.29, 1.82) is 0 Å². The fourth-order valence-electron chi connectivity index (χ4n) is 0.960. The Morgan fingerprint density at radius 3 is 2.47 bits per heavy atom. The number of carbonyl (C=O) groups excluding carboxylic acids is 1. The van der Waals surface area contributed by atoms with Crippen molar-refractivity contribution in [2.45, 2.75) is 39.4 Å². The summed E-state index contributed by atoms with van der Waals surface area (Å²) in [6.07, 6.45) is 0.274. The fourth-order valence-corrected chi connectivity index (χ4v) is 0.960. The van der Waals surface area contributed by atoms with Crippen LogP contribution < -0.4 is 0 Å². The normalized spacial score (nSPS) is 13.1. The topological polar surface area (TPSA) is 49.8 Å². The number of hydrogen-bond donors (Lipinski definition) is 1. The van der Waals surface area contributed by atoms with Crippen molar-refractivity contribution in [3.8, 4) is 0 Å². The molecule has 0 aliphatic heterocycles. The van der Waals surface area contributed by atoms with Crippen molar-refractivity contribution < 1.29 is 14.6 Å². The van der Waals surface area contributed by atoms with Gasteiger partial charge in [0.25, 0.3) is 0 Å².